The topological polar surface area (TPSA) is 103 Å². The number of carbonyl (C=O) groups excluding carboxylic acids is 2. The predicted octanol–water partition coefficient (Wildman–Crippen LogP) is 4.16. The molecule has 0 saturated carbocycles. The standard InChI is InChI=1S/C27H21FN2O5/c1-14-11-20-21(12-15(14)2)35-26-23(25(20)32)24(16-3-9-19(10-4-16)34-13-22(29)31)30(27(26)33)18-7-5-17(28)6-8-18/h3-12,24H,13H2,1-2H3,(H2,29,31). The highest BCUT2D eigenvalue weighted by Crippen LogP contribution is 2.41. The lowest BCUT2D eigenvalue weighted by Crippen LogP contribution is -2.29. The third-order valence-electron chi connectivity index (χ3n) is 6.17. The maximum absolute atomic E-state index is 13.7. The van der Waals surface area contributed by atoms with Crippen molar-refractivity contribution in [1.82, 2.24) is 0 Å². The summed E-state index contributed by atoms with van der Waals surface area (Å²) in [5, 5.41) is 0.381. The fourth-order valence-electron chi connectivity index (χ4n) is 4.31. The van der Waals surface area contributed by atoms with Gasteiger partial charge in [-0.05, 0) is 79.1 Å². The van der Waals surface area contributed by atoms with E-state index in [0.717, 1.165) is 11.1 Å². The number of primary amides is 1. The van der Waals surface area contributed by atoms with Crippen molar-refractivity contribution in [3.8, 4) is 5.75 Å². The number of carbonyl (C=O) groups is 2. The van der Waals surface area contributed by atoms with Crippen molar-refractivity contribution in [3.63, 3.8) is 0 Å². The van der Waals surface area contributed by atoms with Gasteiger partial charge in [0.15, 0.2) is 12.0 Å². The van der Waals surface area contributed by atoms with Gasteiger partial charge in [0.25, 0.3) is 11.8 Å². The first-order chi connectivity index (χ1) is 16.7. The fourth-order valence-corrected chi connectivity index (χ4v) is 4.31. The summed E-state index contributed by atoms with van der Waals surface area (Å²) in [6, 6.07) is 14.8. The summed E-state index contributed by atoms with van der Waals surface area (Å²) in [5.41, 5.74) is 8.26. The number of hydrogen-bond donors (Lipinski definition) is 1. The van der Waals surface area contributed by atoms with Crippen LogP contribution in [0.4, 0.5) is 10.1 Å². The summed E-state index contributed by atoms with van der Waals surface area (Å²) < 4.78 is 25.0. The van der Waals surface area contributed by atoms with Gasteiger partial charge < -0.3 is 14.9 Å². The number of nitrogens with two attached hydrogens (primary N) is 1. The number of hydrogen-bond acceptors (Lipinski definition) is 5. The van der Waals surface area contributed by atoms with Gasteiger partial charge in [0.05, 0.1) is 17.0 Å². The molecule has 0 fully saturated rings. The molecule has 1 unspecified atom stereocenters. The normalized spacial score (nSPS) is 14.9. The van der Waals surface area contributed by atoms with Crippen molar-refractivity contribution >= 4 is 28.5 Å². The number of ether oxygens (including phenoxy) is 1. The number of amides is 2. The smallest absolute Gasteiger partial charge is 0.295 e. The molecule has 5 rings (SSSR count). The van der Waals surface area contributed by atoms with Crippen molar-refractivity contribution < 1.29 is 23.1 Å². The molecule has 0 radical (unpaired) electrons. The van der Waals surface area contributed by atoms with Crippen LogP contribution >= 0.6 is 0 Å². The Morgan fingerprint density at radius 3 is 2.34 bits per heavy atom. The molecule has 0 bridgehead atoms. The van der Waals surface area contributed by atoms with E-state index in [9.17, 15) is 18.8 Å². The summed E-state index contributed by atoms with van der Waals surface area (Å²) in [7, 11) is 0. The lowest BCUT2D eigenvalue weighted by molar-refractivity contribution is -0.119. The Labute approximate surface area is 199 Å². The van der Waals surface area contributed by atoms with Crippen LogP contribution in [0.3, 0.4) is 0 Å². The third-order valence-corrected chi connectivity index (χ3v) is 6.17. The molecule has 0 spiro atoms. The SMILES string of the molecule is Cc1cc2oc3c(c(=O)c2cc1C)C(c1ccc(OCC(N)=O)cc1)N(c1ccc(F)cc1)C3=O. The van der Waals surface area contributed by atoms with Crippen LogP contribution in [0, 0.1) is 19.7 Å². The van der Waals surface area contributed by atoms with Gasteiger partial charge >= 0.3 is 0 Å². The molecule has 0 aliphatic carbocycles. The molecule has 1 aliphatic rings. The molecule has 35 heavy (non-hydrogen) atoms. The second kappa shape index (κ2) is 8.39. The number of aryl methyl sites for hydroxylation is 2. The summed E-state index contributed by atoms with van der Waals surface area (Å²) in [4.78, 5) is 39.7. The van der Waals surface area contributed by atoms with E-state index in [1.807, 2.05) is 13.8 Å². The van der Waals surface area contributed by atoms with E-state index < -0.39 is 23.7 Å². The minimum atomic E-state index is -0.810. The highest BCUT2D eigenvalue weighted by atomic mass is 19.1. The number of fused-ring (bicyclic) bond motifs is 2. The summed E-state index contributed by atoms with van der Waals surface area (Å²) in [6.45, 7) is 3.53. The molecule has 3 aromatic carbocycles. The van der Waals surface area contributed by atoms with Gasteiger partial charge in [-0.15, -0.1) is 0 Å². The number of halogens is 1. The van der Waals surface area contributed by atoms with Gasteiger partial charge in [0.2, 0.25) is 5.76 Å². The zero-order chi connectivity index (χ0) is 24.9. The number of rotatable bonds is 5. The number of anilines is 1. The summed E-state index contributed by atoms with van der Waals surface area (Å²) in [6.07, 6.45) is 0. The summed E-state index contributed by atoms with van der Waals surface area (Å²) in [5.74, 6) is -1.20. The first kappa shape index (κ1) is 22.3. The van der Waals surface area contributed by atoms with Crippen LogP contribution in [0.5, 0.6) is 5.75 Å². The quantitative estimate of drug-likeness (QED) is 0.470. The van der Waals surface area contributed by atoms with Gasteiger partial charge in [-0.2, -0.15) is 0 Å². The lowest BCUT2D eigenvalue weighted by atomic mass is 9.97. The molecule has 2 heterocycles. The van der Waals surface area contributed by atoms with E-state index in [2.05, 4.69) is 0 Å². The van der Waals surface area contributed by atoms with Crippen LogP contribution in [-0.2, 0) is 4.79 Å². The van der Waals surface area contributed by atoms with Gasteiger partial charge in [0.1, 0.15) is 17.1 Å². The maximum atomic E-state index is 13.7. The Morgan fingerprint density at radius 2 is 1.69 bits per heavy atom. The molecular formula is C27H21FN2O5. The van der Waals surface area contributed by atoms with Crippen LogP contribution in [0.25, 0.3) is 11.0 Å². The van der Waals surface area contributed by atoms with Crippen molar-refractivity contribution in [2.24, 2.45) is 5.73 Å². The van der Waals surface area contributed by atoms with Crippen molar-refractivity contribution in [2.75, 3.05) is 11.5 Å². The predicted molar refractivity (Wildman–Crippen MR) is 128 cm³/mol. The average molecular weight is 472 g/mol. The highest BCUT2D eigenvalue weighted by Gasteiger charge is 2.43. The Balaban J connectivity index is 1.70. The summed E-state index contributed by atoms with van der Waals surface area (Å²) >= 11 is 0. The zero-order valence-corrected chi connectivity index (χ0v) is 19.0. The third kappa shape index (κ3) is 3.82. The zero-order valence-electron chi connectivity index (χ0n) is 19.0. The molecule has 4 aromatic rings. The van der Waals surface area contributed by atoms with E-state index in [-0.39, 0.29) is 23.4 Å². The minimum Gasteiger partial charge on any atom is -0.484 e. The fraction of sp³-hybridized carbons (Fsp3) is 0.148. The van der Waals surface area contributed by atoms with Gasteiger partial charge in [-0.25, -0.2) is 4.39 Å². The molecule has 7 nitrogen and oxygen atoms in total. The van der Waals surface area contributed by atoms with Crippen molar-refractivity contribution in [3.05, 3.63) is 105 Å². The van der Waals surface area contributed by atoms with E-state index in [1.54, 1.807) is 36.4 Å². The average Bonchev–Trinajstić information content (AvgIpc) is 3.12. The molecule has 0 saturated heterocycles. The molecule has 1 aliphatic heterocycles. The first-order valence-corrected chi connectivity index (χ1v) is 10.9. The Morgan fingerprint density at radius 1 is 1.03 bits per heavy atom. The molecular weight excluding hydrogens is 451 g/mol. The Bertz CT molecular complexity index is 1540. The van der Waals surface area contributed by atoms with E-state index in [0.29, 0.717) is 28.0 Å². The number of nitrogens with zero attached hydrogens (tertiary/aromatic N) is 1. The van der Waals surface area contributed by atoms with E-state index in [1.165, 1.54) is 29.2 Å². The van der Waals surface area contributed by atoms with Gasteiger partial charge in [-0.1, -0.05) is 12.1 Å². The molecule has 1 aromatic heterocycles. The lowest BCUT2D eigenvalue weighted by Gasteiger charge is -2.25. The van der Waals surface area contributed by atoms with Crippen LogP contribution in [0.1, 0.15) is 38.9 Å². The molecule has 2 N–H and O–H groups in total. The molecule has 8 heteroatoms. The Hall–Kier alpha value is -4.46. The highest BCUT2D eigenvalue weighted by molar-refractivity contribution is 6.10. The first-order valence-electron chi connectivity index (χ1n) is 10.9. The van der Waals surface area contributed by atoms with Crippen molar-refractivity contribution in [2.45, 2.75) is 19.9 Å². The minimum absolute atomic E-state index is 0.0471. The second-order valence-electron chi connectivity index (χ2n) is 8.48. The second-order valence-corrected chi connectivity index (χ2v) is 8.48. The van der Waals surface area contributed by atoms with E-state index >= 15 is 0 Å². The molecule has 1 atom stereocenters. The van der Waals surface area contributed by atoms with E-state index in [4.69, 9.17) is 14.9 Å². The molecule has 176 valence electrons. The van der Waals surface area contributed by atoms with Crippen LogP contribution in [0.15, 0.2) is 69.9 Å². The molecule has 2 amide bonds. The van der Waals surface area contributed by atoms with Crippen LogP contribution in [-0.4, -0.2) is 18.4 Å². The largest absolute Gasteiger partial charge is 0.484 e. The van der Waals surface area contributed by atoms with Crippen LogP contribution in [0.2, 0.25) is 0 Å². The van der Waals surface area contributed by atoms with Crippen molar-refractivity contribution in [1.29, 1.82) is 0 Å². The van der Waals surface area contributed by atoms with Gasteiger partial charge in [0, 0.05) is 5.69 Å². The van der Waals surface area contributed by atoms with Crippen LogP contribution < -0.4 is 20.8 Å². The number of benzene rings is 3. The van der Waals surface area contributed by atoms with Gasteiger partial charge in [-0.3, -0.25) is 19.3 Å². The Kier molecular flexibility index (Phi) is 5.36. The monoisotopic (exact) mass is 472 g/mol. The maximum Gasteiger partial charge on any atom is 0.295 e.